The summed E-state index contributed by atoms with van der Waals surface area (Å²) in [6, 6.07) is 14.3. The number of rotatable bonds is 4. The van der Waals surface area contributed by atoms with Gasteiger partial charge in [-0.3, -0.25) is 4.84 Å². The first-order chi connectivity index (χ1) is 10.7. The van der Waals surface area contributed by atoms with Crippen LogP contribution in [0.5, 0.6) is 0 Å². The first kappa shape index (κ1) is 19.1. The van der Waals surface area contributed by atoms with Crippen LogP contribution in [-0.4, -0.2) is 14.1 Å². The number of aromatic nitrogens is 1. The summed E-state index contributed by atoms with van der Waals surface area (Å²) in [7, 11) is -0.881. The lowest BCUT2D eigenvalue weighted by atomic mass is 10.2. The van der Waals surface area contributed by atoms with Crippen LogP contribution >= 0.6 is 0 Å². The quantitative estimate of drug-likeness (QED) is 0.556. The fourth-order valence-electron chi connectivity index (χ4n) is 1.73. The molecule has 0 N–H and O–H groups in total. The average molecular weight is 343 g/mol. The van der Waals surface area contributed by atoms with Crippen molar-refractivity contribution in [3.05, 3.63) is 59.9 Å². The minimum atomic E-state index is -4.94. The van der Waals surface area contributed by atoms with E-state index in [0.717, 1.165) is 5.69 Å². The molecule has 0 atom stereocenters. The summed E-state index contributed by atoms with van der Waals surface area (Å²) >= 11 is 0. The summed E-state index contributed by atoms with van der Waals surface area (Å²) in [5, 5.41) is 0. The Hall–Kier alpha value is -1.90. The Morgan fingerprint density at radius 2 is 1.61 bits per heavy atom. The van der Waals surface area contributed by atoms with Crippen LogP contribution in [0.1, 0.15) is 11.3 Å². The van der Waals surface area contributed by atoms with E-state index >= 15 is 0 Å². The second kappa shape index (κ2) is 8.66. The van der Waals surface area contributed by atoms with Crippen LogP contribution < -0.4 is 33.1 Å². The summed E-state index contributed by atoms with van der Waals surface area (Å²) in [6.07, 6.45) is 1.95. The summed E-state index contributed by atoms with van der Waals surface area (Å²) < 4.78 is 35.8. The maximum Gasteiger partial charge on any atom is 0.233 e. The molecule has 0 amide bonds. The first-order valence-corrected chi connectivity index (χ1v) is 7.89. The van der Waals surface area contributed by atoms with Gasteiger partial charge in [-0.15, -0.1) is 10.2 Å². The Morgan fingerprint density at radius 1 is 1.04 bits per heavy atom. The van der Waals surface area contributed by atoms with Crippen LogP contribution in [0.3, 0.4) is 0 Å². The zero-order valence-electron chi connectivity index (χ0n) is 13.1. The zero-order valence-corrected chi connectivity index (χ0v) is 13.9. The number of hydrogen-bond acceptors (Lipinski definition) is 6. The molecule has 1 aromatic heterocycles. The molecule has 2 rings (SSSR count). The van der Waals surface area contributed by atoms with Crippen LogP contribution in [0.25, 0.3) is 0 Å². The largest absolute Gasteiger partial charge is 0.377 e. The van der Waals surface area contributed by atoms with Crippen LogP contribution in [0, 0.1) is 17.2 Å². The van der Waals surface area contributed by atoms with Crippen molar-refractivity contribution in [3.8, 4) is 0 Å². The first-order valence-electron chi connectivity index (χ1n) is 6.65. The van der Waals surface area contributed by atoms with Crippen LogP contribution in [0.4, 0.5) is 5.69 Å². The monoisotopic (exact) mass is 342 g/mol. The van der Waals surface area contributed by atoms with Crippen molar-refractivity contribution in [2.24, 2.45) is 0 Å². The van der Waals surface area contributed by atoms with Crippen molar-refractivity contribution in [1.82, 2.24) is 0 Å². The highest BCUT2D eigenvalue weighted by atomic mass is 35.7. The number of aryl methyl sites for hydroxylation is 1. The number of benzene rings is 1. The van der Waals surface area contributed by atoms with Crippen molar-refractivity contribution in [2.45, 2.75) is 13.5 Å². The molecule has 8 heteroatoms. The topological polar surface area (TPSA) is 109 Å². The molecular weight excluding hydrogens is 324 g/mol. The Morgan fingerprint density at radius 3 is 2.09 bits per heavy atom. The Kier molecular flexibility index (Phi) is 7.21. The molecule has 0 aliphatic rings. The highest BCUT2D eigenvalue weighted by Gasteiger charge is 2.10. The third kappa shape index (κ3) is 8.34. The van der Waals surface area contributed by atoms with Crippen molar-refractivity contribution in [3.63, 3.8) is 0 Å². The lowest BCUT2D eigenvalue weighted by Crippen LogP contribution is -2.68. The molecule has 0 saturated heterocycles. The Labute approximate surface area is 137 Å². The van der Waals surface area contributed by atoms with E-state index in [4.69, 9.17) is 23.5 Å². The molecule has 0 aliphatic heterocycles. The van der Waals surface area contributed by atoms with Gasteiger partial charge in [0.2, 0.25) is 11.9 Å². The number of nitrogens with zero attached hydrogens (tertiary/aromatic N) is 2. The molecule has 2 aromatic rings. The van der Waals surface area contributed by atoms with Crippen LogP contribution in [0.2, 0.25) is 0 Å². The van der Waals surface area contributed by atoms with E-state index in [1.54, 1.807) is 4.73 Å². The van der Waals surface area contributed by atoms with Gasteiger partial charge >= 0.3 is 0 Å². The van der Waals surface area contributed by atoms with Gasteiger partial charge in [-0.1, -0.05) is 30.3 Å². The third-order valence-corrected chi connectivity index (χ3v) is 2.81. The molecular formula is C15H19ClN2O5. The number of anilines is 1. The maximum absolute atomic E-state index is 8.49. The highest BCUT2D eigenvalue weighted by molar-refractivity contribution is 5.43. The Bertz CT molecular complexity index is 597. The molecule has 0 bridgehead atoms. The molecule has 7 nitrogen and oxygen atoms in total. The minimum absolute atomic E-state index is 0.577. The van der Waals surface area contributed by atoms with E-state index in [9.17, 15) is 0 Å². The van der Waals surface area contributed by atoms with E-state index in [1.165, 1.54) is 11.3 Å². The summed E-state index contributed by atoms with van der Waals surface area (Å²) in [5.74, 6) is 0. The SMILES string of the molecule is Cc1cc(N(C)C)cc[n+]1OCc1ccccc1.[O-][Cl+3]([O-])([O-])[O-]. The predicted octanol–water partition coefficient (Wildman–Crippen LogP) is -2.78. The standard InChI is InChI=1S/C15H19N2O.ClHO4/c1-13-11-15(16(2)3)9-10-17(13)18-12-14-7-5-4-6-8-14;2-1(3,4)5/h4-11H,12H2,1-3H3;(H,2,3,4,5)/q+1;/p-1. The predicted molar refractivity (Wildman–Crippen MR) is 72.4 cm³/mol. The number of hydrogen-bond donors (Lipinski definition) is 0. The van der Waals surface area contributed by atoms with Crippen LogP contribution in [0.15, 0.2) is 48.7 Å². The number of halogens is 1. The molecule has 0 fully saturated rings. The van der Waals surface area contributed by atoms with E-state index in [-0.39, 0.29) is 0 Å². The lowest BCUT2D eigenvalue weighted by molar-refractivity contribution is -2.00. The summed E-state index contributed by atoms with van der Waals surface area (Å²) in [4.78, 5) is 7.83. The van der Waals surface area contributed by atoms with Gasteiger partial charge in [0.05, 0.1) is 0 Å². The van der Waals surface area contributed by atoms with Gasteiger partial charge in [-0.2, -0.15) is 0 Å². The van der Waals surface area contributed by atoms with Gasteiger partial charge < -0.3 is 4.90 Å². The molecule has 1 heterocycles. The zero-order chi connectivity index (χ0) is 17.5. The molecule has 0 saturated carbocycles. The van der Waals surface area contributed by atoms with Crippen molar-refractivity contribution >= 4 is 5.69 Å². The maximum atomic E-state index is 8.49. The van der Waals surface area contributed by atoms with Crippen LogP contribution in [-0.2, 0) is 6.61 Å². The van der Waals surface area contributed by atoms with E-state index < -0.39 is 10.2 Å². The minimum Gasteiger partial charge on any atom is -0.377 e. The molecule has 0 aliphatic carbocycles. The summed E-state index contributed by atoms with van der Waals surface area (Å²) in [5.41, 5.74) is 3.42. The molecule has 0 unspecified atom stereocenters. The van der Waals surface area contributed by atoms with Crippen molar-refractivity contribution in [2.75, 3.05) is 19.0 Å². The second-order valence-corrected chi connectivity index (χ2v) is 5.64. The van der Waals surface area contributed by atoms with Crippen molar-refractivity contribution in [1.29, 1.82) is 0 Å². The smallest absolute Gasteiger partial charge is 0.233 e. The Balaban J connectivity index is 0.000000463. The van der Waals surface area contributed by atoms with Crippen molar-refractivity contribution < 1.29 is 38.4 Å². The van der Waals surface area contributed by atoms with E-state index in [2.05, 4.69) is 23.1 Å². The molecule has 23 heavy (non-hydrogen) atoms. The fraction of sp³-hybridized carbons (Fsp3) is 0.267. The lowest BCUT2D eigenvalue weighted by Gasteiger charge is -2.17. The van der Waals surface area contributed by atoms with Gasteiger partial charge in [0, 0.05) is 43.6 Å². The fourth-order valence-corrected chi connectivity index (χ4v) is 1.73. The van der Waals surface area contributed by atoms with Gasteiger partial charge in [-0.25, -0.2) is 18.6 Å². The van der Waals surface area contributed by atoms with E-state index in [0.29, 0.717) is 6.61 Å². The highest BCUT2D eigenvalue weighted by Crippen LogP contribution is 2.09. The van der Waals surface area contributed by atoms with E-state index in [1.807, 2.05) is 51.5 Å². The molecule has 126 valence electrons. The summed E-state index contributed by atoms with van der Waals surface area (Å²) in [6.45, 7) is 2.62. The second-order valence-electron chi connectivity index (χ2n) is 4.88. The average Bonchev–Trinajstić information content (AvgIpc) is 2.45. The van der Waals surface area contributed by atoms with Gasteiger partial charge in [-0.05, 0) is 5.56 Å². The molecule has 0 radical (unpaired) electrons. The van der Waals surface area contributed by atoms with Gasteiger partial charge in [0.1, 0.15) is 0 Å². The molecule has 1 aromatic carbocycles. The number of pyridine rings is 1. The molecule has 0 spiro atoms. The van der Waals surface area contributed by atoms with Gasteiger partial charge in [0.25, 0.3) is 0 Å². The third-order valence-electron chi connectivity index (χ3n) is 2.81. The normalized spacial score (nSPS) is 10.6. The van der Waals surface area contributed by atoms with Gasteiger partial charge in [0.15, 0.2) is 6.61 Å².